The van der Waals surface area contributed by atoms with Crippen LogP contribution in [0.15, 0.2) is 35.3 Å². The number of hydrogen-bond donors (Lipinski definition) is 0. The summed E-state index contributed by atoms with van der Waals surface area (Å²) >= 11 is 6.20. The Morgan fingerprint density at radius 3 is 2.64 bits per heavy atom. The highest BCUT2D eigenvalue weighted by Crippen LogP contribution is 2.30. The summed E-state index contributed by atoms with van der Waals surface area (Å²) < 4.78 is 0. The highest BCUT2D eigenvalue weighted by atomic mass is 35.5. The molecule has 0 fully saturated rings. The Morgan fingerprint density at radius 1 is 1.04 bits per heavy atom. The van der Waals surface area contributed by atoms with Gasteiger partial charge in [0.1, 0.15) is 11.2 Å². The van der Waals surface area contributed by atoms with E-state index in [0.29, 0.717) is 5.82 Å². The van der Waals surface area contributed by atoms with E-state index in [1.807, 2.05) is 30.3 Å². The van der Waals surface area contributed by atoms with Gasteiger partial charge in [-0.25, -0.2) is 4.98 Å². The predicted octanol–water partition coefficient (Wildman–Crippen LogP) is 4.47. The van der Waals surface area contributed by atoms with Crippen molar-refractivity contribution in [3.8, 4) is 0 Å². The number of aliphatic imine (C=N–C) groups is 1. The van der Waals surface area contributed by atoms with Crippen LogP contribution < -0.4 is 0 Å². The maximum absolute atomic E-state index is 6.20. The maximum atomic E-state index is 6.20. The monoisotopic (exact) mass is 350 g/mol. The zero-order chi connectivity index (χ0) is 17.8. The molecule has 2 aromatic carbocycles. The second kappa shape index (κ2) is 5.60. The quantitative estimate of drug-likeness (QED) is 0.650. The predicted molar refractivity (Wildman–Crippen MR) is 102 cm³/mol. The Hall–Kier alpha value is -2.33. The molecule has 0 aliphatic carbocycles. The normalized spacial score (nSPS) is 15.8. The third-order valence-electron chi connectivity index (χ3n) is 4.72. The van der Waals surface area contributed by atoms with Gasteiger partial charge in [-0.2, -0.15) is 0 Å². The van der Waals surface area contributed by atoms with Crippen molar-refractivity contribution in [2.75, 3.05) is 0 Å². The summed E-state index contributed by atoms with van der Waals surface area (Å²) in [5, 5.41) is 9.48. The summed E-state index contributed by atoms with van der Waals surface area (Å²) in [7, 11) is 0. The van der Waals surface area contributed by atoms with Gasteiger partial charge in [0.15, 0.2) is 0 Å². The summed E-state index contributed by atoms with van der Waals surface area (Å²) in [5.74, 6) is 0.567. The van der Waals surface area contributed by atoms with E-state index < -0.39 is 0 Å². The summed E-state index contributed by atoms with van der Waals surface area (Å²) in [5.41, 5.74) is 6.77. The minimum Gasteiger partial charge on any atom is -0.274 e. The summed E-state index contributed by atoms with van der Waals surface area (Å²) in [6.45, 7) is 8.37. The molecule has 3 aromatic rings. The van der Waals surface area contributed by atoms with Crippen molar-refractivity contribution in [3.05, 3.63) is 63.4 Å². The van der Waals surface area contributed by atoms with Crippen molar-refractivity contribution < 1.29 is 0 Å². The van der Waals surface area contributed by atoms with Crippen molar-refractivity contribution in [2.45, 2.75) is 39.7 Å². The van der Waals surface area contributed by atoms with Gasteiger partial charge in [-0.15, -0.1) is 10.2 Å². The van der Waals surface area contributed by atoms with Gasteiger partial charge < -0.3 is 0 Å². The fourth-order valence-corrected chi connectivity index (χ4v) is 3.51. The molecule has 2 heterocycles. The van der Waals surface area contributed by atoms with Crippen LogP contribution in [0.2, 0.25) is 5.02 Å². The Bertz CT molecular complexity index is 1040. The lowest BCUT2D eigenvalue weighted by Crippen LogP contribution is -2.30. The highest BCUT2D eigenvalue weighted by molar-refractivity contribution is 6.31. The van der Waals surface area contributed by atoms with E-state index in [-0.39, 0.29) is 5.54 Å². The van der Waals surface area contributed by atoms with Gasteiger partial charge >= 0.3 is 0 Å². The van der Waals surface area contributed by atoms with Crippen LogP contribution in [0.1, 0.15) is 41.9 Å². The zero-order valence-electron chi connectivity index (χ0n) is 14.8. The molecule has 4 rings (SSSR count). The number of nitrogens with zero attached hydrogens (tertiary/aromatic N) is 4. The van der Waals surface area contributed by atoms with Crippen LogP contribution in [0.4, 0.5) is 0 Å². The molecule has 5 heteroatoms. The number of aromatic nitrogens is 3. The molecule has 0 radical (unpaired) electrons. The molecule has 1 aromatic heterocycles. The summed E-state index contributed by atoms with van der Waals surface area (Å²) in [6.07, 6.45) is 0.839. The minimum absolute atomic E-state index is 0.229. The van der Waals surface area contributed by atoms with E-state index in [1.165, 1.54) is 11.1 Å². The maximum Gasteiger partial charge on any atom is 0.201 e. The molecule has 1 aliphatic rings. The lowest BCUT2D eigenvalue weighted by molar-refractivity contribution is 0.513. The van der Waals surface area contributed by atoms with E-state index in [1.54, 1.807) is 0 Å². The molecule has 0 bridgehead atoms. The first kappa shape index (κ1) is 16.2. The Labute approximate surface area is 152 Å². The molecular formula is C20H19ClN4. The standard InChI is InChI=1S/C20H19ClN4/c1-11-5-8-16-17(12(11)2)22-19(25-24-16)18-15-7-6-14(21)9-13(15)10-20(3,4)23-18/h5-9H,10H2,1-4H3. The number of fused-ring (bicyclic) bond motifs is 2. The van der Waals surface area contributed by atoms with Crippen molar-refractivity contribution in [1.29, 1.82) is 0 Å². The van der Waals surface area contributed by atoms with Crippen LogP contribution in [0, 0.1) is 13.8 Å². The summed E-state index contributed by atoms with van der Waals surface area (Å²) in [6, 6.07) is 9.91. The topological polar surface area (TPSA) is 51.0 Å². The van der Waals surface area contributed by atoms with Crippen molar-refractivity contribution in [1.82, 2.24) is 15.2 Å². The lowest BCUT2D eigenvalue weighted by atomic mass is 9.86. The first-order valence-corrected chi connectivity index (χ1v) is 8.71. The van der Waals surface area contributed by atoms with E-state index in [0.717, 1.165) is 39.3 Å². The van der Waals surface area contributed by atoms with Gasteiger partial charge in [-0.3, -0.25) is 4.99 Å². The first-order chi connectivity index (χ1) is 11.8. The molecule has 0 unspecified atom stereocenters. The average molecular weight is 351 g/mol. The van der Waals surface area contributed by atoms with Crippen LogP contribution in [0.3, 0.4) is 0 Å². The van der Waals surface area contributed by atoms with Gasteiger partial charge in [0.25, 0.3) is 0 Å². The molecule has 0 amide bonds. The van der Waals surface area contributed by atoms with Crippen LogP contribution in [-0.4, -0.2) is 26.4 Å². The molecule has 0 spiro atoms. The second-order valence-corrected chi connectivity index (χ2v) is 7.70. The Kier molecular flexibility index (Phi) is 3.62. The third kappa shape index (κ3) is 2.81. The summed E-state index contributed by atoms with van der Waals surface area (Å²) in [4.78, 5) is 9.73. The van der Waals surface area contributed by atoms with Gasteiger partial charge in [0.2, 0.25) is 5.82 Å². The van der Waals surface area contributed by atoms with Crippen molar-refractivity contribution in [3.63, 3.8) is 0 Å². The number of aryl methyl sites for hydroxylation is 2. The van der Waals surface area contributed by atoms with Gasteiger partial charge in [-0.05, 0) is 69.0 Å². The fraction of sp³-hybridized carbons (Fsp3) is 0.300. The number of halogens is 1. The smallest absolute Gasteiger partial charge is 0.201 e. The average Bonchev–Trinajstić information content (AvgIpc) is 2.56. The highest BCUT2D eigenvalue weighted by Gasteiger charge is 2.29. The molecule has 25 heavy (non-hydrogen) atoms. The molecule has 0 atom stereocenters. The van der Waals surface area contributed by atoms with Crippen LogP contribution in [-0.2, 0) is 6.42 Å². The van der Waals surface area contributed by atoms with Crippen molar-refractivity contribution >= 4 is 28.3 Å². The molecular weight excluding hydrogens is 332 g/mol. The van der Waals surface area contributed by atoms with Gasteiger partial charge in [-0.1, -0.05) is 23.7 Å². The molecule has 126 valence electrons. The van der Waals surface area contributed by atoms with Crippen LogP contribution >= 0.6 is 11.6 Å². The number of hydrogen-bond acceptors (Lipinski definition) is 4. The minimum atomic E-state index is -0.229. The van der Waals surface area contributed by atoms with Crippen LogP contribution in [0.25, 0.3) is 11.0 Å². The lowest BCUT2D eigenvalue weighted by Gasteiger charge is -2.28. The van der Waals surface area contributed by atoms with Gasteiger partial charge in [0, 0.05) is 10.6 Å². The molecule has 0 N–H and O–H groups in total. The molecule has 0 saturated heterocycles. The number of benzene rings is 2. The second-order valence-electron chi connectivity index (χ2n) is 7.26. The SMILES string of the molecule is Cc1ccc2nnc(C3=NC(C)(C)Cc4cc(Cl)ccc43)nc2c1C. The molecule has 4 nitrogen and oxygen atoms in total. The van der Waals surface area contributed by atoms with E-state index >= 15 is 0 Å². The Balaban J connectivity index is 1.95. The van der Waals surface area contributed by atoms with E-state index in [9.17, 15) is 0 Å². The number of rotatable bonds is 1. The van der Waals surface area contributed by atoms with E-state index in [2.05, 4.69) is 37.9 Å². The van der Waals surface area contributed by atoms with E-state index in [4.69, 9.17) is 21.6 Å². The Morgan fingerprint density at radius 2 is 1.84 bits per heavy atom. The van der Waals surface area contributed by atoms with Crippen molar-refractivity contribution in [2.24, 2.45) is 4.99 Å². The first-order valence-electron chi connectivity index (χ1n) is 8.34. The largest absolute Gasteiger partial charge is 0.274 e. The fourth-order valence-electron chi connectivity index (χ4n) is 3.32. The molecule has 1 aliphatic heterocycles. The van der Waals surface area contributed by atoms with Gasteiger partial charge in [0.05, 0.1) is 11.1 Å². The third-order valence-corrected chi connectivity index (χ3v) is 4.96. The molecule has 0 saturated carbocycles. The zero-order valence-corrected chi connectivity index (χ0v) is 15.5. The van der Waals surface area contributed by atoms with Crippen LogP contribution in [0.5, 0.6) is 0 Å².